The molecule has 372 valence electrons. The van der Waals surface area contributed by atoms with Gasteiger partial charge in [0.2, 0.25) is 5.82 Å². The number of sulfonamides is 1. The zero-order chi connectivity index (χ0) is 48.8. The summed E-state index contributed by atoms with van der Waals surface area (Å²) in [5.74, 6) is 0.338. The van der Waals surface area contributed by atoms with E-state index in [-0.39, 0.29) is 34.5 Å². The van der Waals surface area contributed by atoms with Crippen LogP contribution in [0.1, 0.15) is 105 Å². The molecule has 3 aromatic heterocycles. The minimum atomic E-state index is -4.64. The molecule has 17 nitrogen and oxygen atoms in total. The van der Waals surface area contributed by atoms with Gasteiger partial charge < -0.3 is 24.8 Å². The van der Waals surface area contributed by atoms with Crippen LogP contribution >= 0.6 is 0 Å². The van der Waals surface area contributed by atoms with Crippen molar-refractivity contribution in [3.05, 3.63) is 106 Å². The zero-order valence-corrected chi connectivity index (χ0v) is 41.9. The number of hydrogen-bond donors (Lipinski definition) is 3. The lowest BCUT2D eigenvalue weighted by molar-refractivity contribution is -0.384. The van der Waals surface area contributed by atoms with Crippen molar-refractivity contribution in [2.45, 2.75) is 100 Å². The Hall–Kier alpha value is -5.63. The van der Waals surface area contributed by atoms with Crippen LogP contribution in [0.25, 0.3) is 11.0 Å². The van der Waals surface area contributed by atoms with E-state index in [1.807, 2.05) is 12.1 Å². The molecule has 1 spiro atoms. The lowest BCUT2D eigenvalue weighted by atomic mass is 9.59. The lowest BCUT2D eigenvalue weighted by Crippen LogP contribution is -2.60. The van der Waals surface area contributed by atoms with Crippen LogP contribution in [0.4, 0.5) is 17.2 Å². The van der Waals surface area contributed by atoms with Crippen LogP contribution < -0.4 is 19.7 Å². The van der Waals surface area contributed by atoms with Gasteiger partial charge in [0.15, 0.2) is 0 Å². The highest BCUT2D eigenvalue weighted by atomic mass is 32.2. The lowest BCUT2D eigenvalue weighted by Gasteiger charge is -2.58. The smallest absolute Gasteiger partial charge is 0.312 e. The Kier molecular flexibility index (Phi) is 13.4. The number of amides is 1. The van der Waals surface area contributed by atoms with Crippen molar-refractivity contribution in [2.75, 3.05) is 68.5 Å². The first kappa shape index (κ1) is 48.0. The molecule has 3 saturated carbocycles. The molecular weight excluding hydrogens is 929 g/mol. The van der Waals surface area contributed by atoms with E-state index in [0.29, 0.717) is 35.9 Å². The number of H-pyrrole nitrogens is 1. The number of likely N-dealkylation sites (N-methyl/N-ethyl adjacent to an activating group) is 1. The first-order chi connectivity index (χ1) is 33.6. The first-order valence-electron chi connectivity index (χ1n) is 24.8. The number of rotatable bonds is 15. The van der Waals surface area contributed by atoms with Crippen molar-refractivity contribution in [3.8, 4) is 11.5 Å². The van der Waals surface area contributed by atoms with Crippen LogP contribution in [0, 0.1) is 21.4 Å². The number of pyridine rings is 2. The van der Waals surface area contributed by atoms with Crippen LogP contribution in [-0.4, -0.2) is 119 Å². The van der Waals surface area contributed by atoms with Gasteiger partial charge in [-0.1, -0.05) is 31.2 Å². The second-order valence-corrected chi connectivity index (χ2v) is 24.8. The number of ether oxygens (including phenoxy) is 1. The highest BCUT2D eigenvalue weighted by Gasteiger charge is 2.50. The molecule has 2 aromatic carbocycles. The summed E-state index contributed by atoms with van der Waals surface area (Å²) in [5.41, 5.74) is 4.29. The fraction of sp³-hybridized carbons (Fsp3) is 0.510. The molecule has 3 aliphatic carbocycles. The normalized spacial score (nSPS) is 22.4. The van der Waals surface area contributed by atoms with Gasteiger partial charge in [0.05, 0.1) is 28.9 Å². The number of anilines is 2. The van der Waals surface area contributed by atoms with Gasteiger partial charge in [0.1, 0.15) is 22.0 Å². The molecule has 5 heterocycles. The Morgan fingerprint density at radius 3 is 2.40 bits per heavy atom. The second-order valence-electron chi connectivity index (χ2n) is 20.5. The maximum atomic E-state index is 14.1. The number of fused-ring (bicyclic) bond motifs is 1. The number of benzene rings is 2. The number of nitro groups is 1. The van der Waals surface area contributed by atoms with Crippen molar-refractivity contribution in [2.24, 2.45) is 15.7 Å². The zero-order valence-electron chi connectivity index (χ0n) is 40.2. The topological polar surface area (TPSA) is 208 Å². The van der Waals surface area contributed by atoms with Crippen molar-refractivity contribution in [1.29, 1.82) is 0 Å². The number of hydrogen-bond acceptors (Lipinski definition) is 14. The molecule has 0 unspecified atom stereocenters. The molecule has 3 N–H and O–H groups in total. The number of aromatic amines is 1. The van der Waals surface area contributed by atoms with E-state index in [9.17, 15) is 27.5 Å². The van der Waals surface area contributed by atoms with Crippen LogP contribution in [-0.2, 0) is 19.8 Å². The molecule has 5 fully saturated rings. The van der Waals surface area contributed by atoms with Gasteiger partial charge in [-0.3, -0.25) is 24.0 Å². The molecule has 1 atom stereocenters. The number of nitrogens with zero attached hydrogens (tertiary/aromatic N) is 7. The average molecular weight is 993 g/mol. The molecule has 5 aliphatic rings. The predicted molar refractivity (Wildman–Crippen MR) is 272 cm³/mol. The third-order valence-corrected chi connectivity index (χ3v) is 17.6. The standard InChI is InChI=1S/C51H64N10O7S2/c1-4-58-23-24-60(46(33-58)43-8-6-5-7-42(43)35-11-12-35)39-28-51(29-39)18-21-59(22-19-51)38-15-16-44(47(26-38)68-40-25-36-17-20-52-48(36)54-31-40)50(62)57-70(66,67)41-27-45(61(63)64)49(55-32-41)53-30-34-9-13-37(14-10-34)56-69(2,3)65/h5-8,15-17,20,25-27,31-32,34-35,37,39,46H,4,9-14,18-19,21-24,28-30,33H2,1-3H3,(H,52,54)(H,53,55)(H,57,62)/t34?,37?,46-/m0/s1. The Balaban J connectivity index is 0.823. The Labute approximate surface area is 410 Å². The molecule has 1 amide bonds. The molecule has 0 radical (unpaired) electrons. The van der Waals surface area contributed by atoms with Gasteiger partial charge in [0.25, 0.3) is 15.9 Å². The van der Waals surface area contributed by atoms with Crippen LogP contribution in [0.5, 0.6) is 11.5 Å². The van der Waals surface area contributed by atoms with Crippen LogP contribution in [0.3, 0.4) is 0 Å². The number of piperazine rings is 1. The van der Waals surface area contributed by atoms with E-state index in [0.717, 1.165) is 101 Å². The van der Waals surface area contributed by atoms with Crippen LogP contribution in [0.15, 0.2) is 88.5 Å². The Morgan fingerprint density at radius 2 is 1.69 bits per heavy atom. The highest BCUT2D eigenvalue weighted by Crippen LogP contribution is 2.54. The minimum Gasteiger partial charge on any atom is -0.455 e. The van der Waals surface area contributed by atoms with E-state index >= 15 is 0 Å². The highest BCUT2D eigenvalue weighted by molar-refractivity contribution is 7.92. The maximum absolute atomic E-state index is 14.1. The van der Waals surface area contributed by atoms with Crippen molar-refractivity contribution in [3.63, 3.8) is 0 Å². The summed E-state index contributed by atoms with van der Waals surface area (Å²) in [5, 5.41) is 16.1. The summed E-state index contributed by atoms with van der Waals surface area (Å²) < 4.78 is 52.7. The van der Waals surface area contributed by atoms with Crippen molar-refractivity contribution >= 4 is 53.9 Å². The summed E-state index contributed by atoms with van der Waals surface area (Å²) in [7, 11) is -6.85. The van der Waals surface area contributed by atoms with E-state index in [4.69, 9.17) is 4.74 Å². The molecule has 0 bridgehead atoms. The molecule has 10 rings (SSSR count). The molecule has 2 aliphatic heterocycles. The third-order valence-electron chi connectivity index (χ3n) is 15.5. The van der Waals surface area contributed by atoms with Crippen LogP contribution in [0.2, 0.25) is 0 Å². The number of nitrogens with one attached hydrogen (secondary N) is 3. The molecule has 70 heavy (non-hydrogen) atoms. The maximum Gasteiger partial charge on any atom is 0.312 e. The van der Waals surface area contributed by atoms with E-state index in [1.165, 1.54) is 37.4 Å². The fourth-order valence-electron chi connectivity index (χ4n) is 11.5. The fourth-order valence-corrected chi connectivity index (χ4v) is 13.3. The minimum absolute atomic E-state index is 0.0210. The predicted octanol–water partition coefficient (Wildman–Crippen LogP) is 8.48. The van der Waals surface area contributed by atoms with Gasteiger partial charge in [-0.2, -0.15) is 0 Å². The van der Waals surface area contributed by atoms with Gasteiger partial charge in [-0.15, -0.1) is 0 Å². The van der Waals surface area contributed by atoms with E-state index in [2.05, 4.69) is 75.2 Å². The van der Waals surface area contributed by atoms with Gasteiger partial charge in [0, 0.05) is 103 Å². The summed E-state index contributed by atoms with van der Waals surface area (Å²) in [6.45, 7) is 8.65. The Bertz CT molecular complexity index is 2990. The second kappa shape index (κ2) is 19.5. The number of carbonyl (C=O) groups is 1. The van der Waals surface area contributed by atoms with Crippen molar-refractivity contribution in [1.82, 2.24) is 29.5 Å². The molecule has 2 saturated heterocycles. The number of piperidine rings is 1. The van der Waals surface area contributed by atoms with Gasteiger partial charge >= 0.3 is 5.69 Å². The molecule has 19 heteroatoms. The molecular formula is C51H64N10O7S2. The van der Waals surface area contributed by atoms with Gasteiger partial charge in [-0.25, -0.2) is 27.5 Å². The third kappa shape index (κ3) is 10.5. The van der Waals surface area contributed by atoms with Gasteiger partial charge in [-0.05, 0) is 123 Å². The number of carbonyl (C=O) groups excluding carboxylic acids is 1. The average Bonchev–Trinajstić information content (AvgIpc) is 4.08. The number of aromatic nitrogens is 3. The Morgan fingerprint density at radius 1 is 0.929 bits per heavy atom. The monoisotopic (exact) mass is 992 g/mol. The first-order valence-corrected chi connectivity index (χ1v) is 28.6. The molecule has 5 aromatic rings. The summed E-state index contributed by atoms with van der Waals surface area (Å²) in [4.78, 5) is 44.5. The largest absolute Gasteiger partial charge is 0.455 e. The quantitative estimate of drug-likeness (QED) is 0.0665. The summed E-state index contributed by atoms with van der Waals surface area (Å²) in [6, 6.07) is 19.9. The SMILES string of the molecule is CCN1CCN(C2CC3(CCN(c4ccc(C(=O)NS(=O)(=O)c5cnc(NCC6CCC(N=S(C)(C)=O)CC6)c([N+](=O)[O-])c5)c(Oc5cnc6[nH]ccc6c5)c4)CC3)C2)[C@H](c2ccccc2C2CC2)C1. The van der Waals surface area contributed by atoms with Crippen molar-refractivity contribution < 1.29 is 27.1 Å². The van der Waals surface area contributed by atoms with E-state index < -0.39 is 41.2 Å². The summed E-state index contributed by atoms with van der Waals surface area (Å²) in [6.07, 6.45) is 17.7. The summed E-state index contributed by atoms with van der Waals surface area (Å²) >= 11 is 0. The van der Waals surface area contributed by atoms with E-state index in [1.54, 1.807) is 42.5 Å².